The van der Waals surface area contributed by atoms with Crippen molar-refractivity contribution in [3.8, 4) is 11.8 Å². The minimum atomic E-state index is -0.0890. The zero-order valence-corrected chi connectivity index (χ0v) is 12.0. The van der Waals surface area contributed by atoms with E-state index in [0.29, 0.717) is 18.7 Å². The molecular weight excluding hydrogens is 260 g/mol. The highest BCUT2D eigenvalue weighted by molar-refractivity contribution is 5.94. The number of aryl methyl sites for hydroxylation is 1. The SMILES string of the molecule is Cc1ccc(CNC(=O)c2ccc(C#CCN)cc2)cc1. The average molecular weight is 278 g/mol. The van der Waals surface area contributed by atoms with Crippen LogP contribution in [0.4, 0.5) is 0 Å². The van der Waals surface area contributed by atoms with Crippen LogP contribution in [0.2, 0.25) is 0 Å². The summed E-state index contributed by atoms with van der Waals surface area (Å²) in [5.41, 5.74) is 9.09. The second kappa shape index (κ2) is 7.28. The molecule has 0 bridgehead atoms. The van der Waals surface area contributed by atoms with Gasteiger partial charge in [-0.25, -0.2) is 0 Å². The molecule has 0 radical (unpaired) electrons. The number of hydrogen-bond donors (Lipinski definition) is 2. The third-order valence-electron chi connectivity index (χ3n) is 3.06. The molecule has 0 fully saturated rings. The first-order chi connectivity index (χ1) is 10.2. The maximum absolute atomic E-state index is 12.0. The van der Waals surface area contributed by atoms with E-state index >= 15 is 0 Å². The fourth-order valence-corrected chi connectivity index (χ4v) is 1.85. The fraction of sp³-hybridized carbons (Fsp3) is 0.167. The Morgan fingerprint density at radius 3 is 2.38 bits per heavy atom. The minimum absolute atomic E-state index is 0.0890. The fourth-order valence-electron chi connectivity index (χ4n) is 1.85. The van der Waals surface area contributed by atoms with Gasteiger partial charge < -0.3 is 11.1 Å². The first-order valence-electron chi connectivity index (χ1n) is 6.82. The summed E-state index contributed by atoms with van der Waals surface area (Å²) in [5, 5.41) is 2.90. The zero-order chi connectivity index (χ0) is 15.1. The highest BCUT2D eigenvalue weighted by Crippen LogP contribution is 2.05. The predicted molar refractivity (Wildman–Crippen MR) is 84.7 cm³/mol. The Morgan fingerprint density at radius 1 is 1.10 bits per heavy atom. The van der Waals surface area contributed by atoms with Gasteiger partial charge in [0.05, 0.1) is 6.54 Å². The van der Waals surface area contributed by atoms with Crippen molar-refractivity contribution in [2.75, 3.05) is 6.54 Å². The summed E-state index contributed by atoms with van der Waals surface area (Å²) in [5.74, 6) is 5.62. The monoisotopic (exact) mass is 278 g/mol. The van der Waals surface area contributed by atoms with E-state index in [1.807, 2.05) is 43.3 Å². The third-order valence-corrected chi connectivity index (χ3v) is 3.06. The molecule has 21 heavy (non-hydrogen) atoms. The van der Waals surface area contributed by atoms with E-state index in [0.717, 1.165) is 11.1 Å². The van der Waals surface area contributed by atoms with Gasteiger partial charge in [0.15, 0.2) is 0 Å². The van der Waals surface area contributed by atoms with Crippen LogP contribution in [0.3, 0.4) is 0 Å². The molecular formula is C18H18N2O. The van der Waals surface area contributed by atoms with Crippen LogP contribution < -0.4 is 11.1 Å². The number of hydrogen-bond acceptors (Lipinski definition) is 2. The Kier molecular flexibility index (Phi) is 5.14. The van der Waals surface area contributed by atoms with Gasteiger partial charge in [-0.3, -0.25) is 4.79 Å². The highest BCUT2D eigenvalue weighted by Gasteiger charge is 2.04. The largest absolute Gasteiger partial charge is 0.348 e. The molecule has 3 N–H and O–H groups in total. The summed E-state index contributed by atoms with van der Waals surface area (Å²) >= 11 is 0. The first-order valence-corrected chi connectivity index (χ1v) is 6.82. The summed E-state index contributed by atoms with van der Waals surface area (Å²) in [6.07, 6.45) is 0. The van der Waals surface area contributed by atoms with Crippen molar-refractivity contribution >= 4 is 5.91 Å². The molecule has 0 spiro atoms. The van der Waals surface area contributed by atoms with Gasteiger partial charge in [-0.05, 0) is 36.8 Å². The van der Waals surface area contributed by atoms with Gasteiger partial charge in [0.25, 0.3) is 5.91 Å². The average Bonchev–Trinajstić information content (AvgIpc) is 2.52. The molecule has 0 saturated heterocycles. The second-order valence-corrected chi connectivity index (χ2v) is 4.75. The highest BCUT2D eigenvalue weighted by atomic mass is 16.1. The van der Waals surface area contributed by atoms with E-state index in [-0.39, 0.29) is 5.91 Å². The van der Waals surface area contributed by atoms with Crippen LogP contribution in [0.1, 0.15) is 27.0 Å². The van der Waals surface area contributed by atoms with Gasteiger partial charge in [-0.1, -0.05) is 41.7 Å². The van der Waals surface area contributed by atoms with E-state index in [1.54, 1.807) is 12.1 Å². The van der Waals surface area contributed by atoms with Crippen molar-refractivity contribution in [2.45, 2.75) is 13.5 Å². The zero-order valence-electron chi connectivity index (χ0n) is 12.0. The van der Waals surface area contributed by atoms with Crippen LogP contribution in [0.15, 0.2) is 48.5 Å². The van der Waals surface area contributed by atoms with E-state index in [4.69, 9.17) is 5.73 Å². The molecule has 2 aromatic rings. The maximum atomic E-state index is 12.0. The van der Waals surface area contributed by atoms with Gasteiger partial charge >= 0.3 is 0 Å². The molecule has 106 valence electrons. The lowest BCUT2D eigenvalue weighted by Crippen LogP contribution is -2.22. The molecule has 1 amide bonds. The maximum Gasteiger partial charge on any atom is 0.251 e. The van der Waals surface area contributed by atoms with Crippen molar-refractivity contribution in [2.24, 2.45) is 5.73 Å². The topological polar surface area (TPSA) is 55.1 Å². The van der Waals surface area contributed by atoms with Crippen LogP contribution in [-0.2, 0) is 6.54 Å². The molecule has 0 aliphatic carbocycles. The lowest BCUT2D eigenvalue weighted by molar-refractivity contribution is 0.0951. The summed E-state index contributed by atoms with van der Waals surface area (Å²) in [6, 6.07) is 15.3. The van der Waals surface area contributed by atoms with Gasteiger partial charge in [0.1, 0.15) is 0 Å². The quantitative estimate of drug-likeness (QED) is 0.846. The van der Waals surface area contributed by atoms with E-state index in [2.05, 4.69) is 17.2 Å². The van der Waals surface area contributed by atoms with E-state index < -0.39 is 0 Å². The Morgan fingerprint density at radius 2 is 1.76 bits per heavy atom. The molecule has 2 rings (SSSR count). The molecule has 0 heterocycles. The van der Waals surface area contributed by atoms with Crippen LogP contribution in [0.25, 0.3) is 0 Å². The molecule has 0 aliphatic rings. The standard InChI is InChI=1S/C18H18N2O/c1-14-4-6-16(7-5-14)13-20-18(21)17-10-8-15(9-11-17)3-2-12-19/h4-11H,12-13,19H2,1H3,(H,20,21). The Labute approximate surface area is 125 Å². The summed E-state index contributed by atoms with van der Waals surface area (Å²) < 4.78 is 0. The molecule has 0 atom stereocenters. The van der Waals surface area contributed by atoms with Gasteiger partial charge in [0, 0.05) is 17.7 Å². The van der Waals surface area contributed by atoms with Crippen molar-refractivity contribution in [1.29, 1.82) is 0 Å². The van der Waals surface area contributed by atoms with Crippen LogP contribution in [-0.4, -0.2) is 12.5 Å². The third kappa shape index (κ3) is 4.48. The summed E-state index contributed by atoms with van der Waals surface area (Å²) in [6.45, 7) is 2.89. The Balaban J connectivity index is 1.95. The molecule has 0 aromatic heterocycles. The number of nitrogens with one attached hydrogen (secondary N) is 1. The number of rotatable bonds is 3. The smallest absolute Gasteiger partial charge is 0.251 e. The second-order valence-electron chi connectivity index (χ2n) is 4.75. The van der Waals surface area contributed by atoms with E-state index in [1.165, 1.54) is 5.56 Å². The number of amides is 1. The number of nitrogens with two attached hydrogens (primary N) is 1. The number of benzene rings is 2. The Bertz CT molecular complexity index is 661. The number of carbonyl (C=O) groups is 1. The Hall–Kier alpha value is -2.57. The lowest BCUT2D eigenvalue weighted by Gasteiger charge is -2.06. The molecule has 0 unspecified atom stereocenters. The van der Waals surface area contributed by atoms with Gasteiger partial charge in [-0.15, -0.1) is 0 Å². The van der Waals surface area contributed by atoms with Crippen molar-refractivity contribution in [3.63, 3.8) is 0 Å². The first kappa shape index (κ1) is 14.8. The molecule has 0 saturated carbocycles. The lowest BCUT2D eigenvalue weighted by atomic mass is 10.1. The van der Waals surface area contributed by atoms with Gasteiger partial charge in [-0.2, -0.15) is 0 Å². The van der Waals surface area contributed by atoms with Crippen molar-refractivity contribution in [1.82, 2.24) is 5.32 Å². The summed E-state index contributed by atoms with van der Waals surface area (Å²) in [7, 11) is 0. The van der Waals surface area contributed by atoms with Gasteiger partial charge in [0.2, 0.25) is 0 Å². The molecule has 0 aliphatic heterocycles. The molecule has 3 heteroatoms. The number of carbonyl (C=O) groups excluding carboxylic acids is 1. The van der Waals surface area contributed by atoms with Crippen LogP contribution in [0, 0.1) is 18.8 Å². The van der Waals surface area contributed by atoms with Crippen molar-refractivity contribution in [3.05, 3.63) is 70.8 Å². The van der Waals surface area contributed by atoms with E-state index in [9.17, 15) is 4.79 Å². The minimum Gasteiger partial charge on any atom is -0.348 e. The predicted octanol–water partition coefficient (Wildman–Crippen LogP) is 2.24. The normalized spacial score (nSPS) is 9.62. The van der Waals surface area contributed by atoms with Crippen LogP contribution >= 0.6 is 0 Å². The molecule has 2 aromatic carbocycles. The summed E-state index contributed by atoms with van der Waals surface area (Å²) in [4.78, 5) is 12.0. The van der Waals surface area contributed by atoms with Crippen LogP contribution in [0.5, 0.6) is 0 Å². The molecule has 3 nitrogen and oxygen atoms in total. The van der Waals surface area contributed by atoms with Crippen molar-refractivity contribution < 1.29 is 4.79 Å².